The zero-order chi connectivity index (χ0) is 18.3. The fraction of sp³-hybridized carbons (Fsp3) is 0.524. The minimum absolute atomic E-state index is 0.0801. The predicted octanol–water partition coefficient (Wildman–Crippen LogP) is 3.12. The molecule has 6 nitrogen and oxygen atoms in total. The number of carboxylic acid groups (broad SMARTS) is 1. The standard InChI is InChI=1S/C21H23N3O3/c25-19-16(9-21(19)7-12-5-6-13(8-21)24(12)20(26)27)18-15-4-2-1-3-14(15)17-10-22-11-23(17)18/h1-4,10-13,16,18-19,25H,5-9H2,(H,26,27)/t12-,13+,16-,18-,19+,21?/m1/s1. The molecule has 1 spiro atoms. The first-order chi connectivity index (χ1) is 13.1. The summed E-state index contributed by atoms with van der Waals surface area (Å²) in [4.78, 5) is 17.6. The van der Waals surface area contributed by atoms with Crippen molar-refractivity contribution in [3.05, 3.63) is 42.4 Å². The highest BCUT2D eigenvalue weighted by Crippen LogP contribution is 2.62. The Bertz CT molecular complexity index is 924. The molecule has 1 unspecified atom stereocenters. The Balaban J connectivity index is 1.31. The van der Waals surface area contributed by atoms with Gasteiger partial charge in [-0.05, 0) is 37.7 Å². The number of imidazole rings is 1. The molecular formula is C21H23N3O3. The number of carbonyl (C=O) groups is 1. The fourth-order valence-electron chi connectivity index (χ4n) is 6.69. The van der Waals surface area contributed by atoms with Gasteiger partial charge in [0.25, 0.3) is 0 Å². The maximum absolute atomic E-state index is 11.6. The van der Waals surface area contributed by atoms with Gasteiger partial charge in [-0.3, -0.25) is 0 Å². The lowest BCUT2D eigenvalue weighted by atomic mass is 9.51. The minimum atomic E-state index is -0.796. The molecule has 1 aliphatic carbocycles. The van der Waals surface area contributed by atoms with E-state index in [2.05, 4.69) is 33.8 Å². The lowest BCUT2D eigenvalue weighted by Gasteiger charge is -2.59. The van der Waals surface area contributed by atoms with E-state index in [0.717, 1.165) is 37.8 Å². The number of piperidine rings is 1. The van der Waals surface area contributed by atoms with Crippen LogP contribution in [0.4, 0.5) is 4.79 Å². The molecular weight excluding hydrogens is 342 g/mol. The summed E-state index contributed by atoms with van der Waals surface area (Å²) >= 11 is 0. The van der Waals surface area contributed by atoms with Crippen LogP contribution in [-0.2, 0) is 0 Å². The summed E-state index contributed by atoms with van der Waals surface area (Å²) in [6.07, 6.45) is 7.06. The number of aromatic nitrogens is 2. The molecule has 2 N–H and O–H groups in total. The summed E-state index contributed by atoms with van der Waals surface area (Å²) in [5, 5.41) is 20.8. The second kappa shape index (κ2) is 5.13. The highest BCUT2D eigenvalue weighted by atomic mass is 16.4. The Kier molecular flexibility index (Phi) is 2.98. The van der Waals surface area contributed by atoms with Crippen LogP contribution in [0.25, 0.3) is 11.3 Å². The van der Waals surface area contributed by atoms with Crippen LogP contribution in [-0.4, -0.2) is 48.9 Å². The molecule has 4 heterocycles. The third-order valence-electron chi connectivity index (χ3n) is 7.73. The molecule has 6 rings (SSSR count). The Hall–Kier alpha value is -2.34. The summed E-state index contributed by atoms with van der Waals surface area (Å²) < 4.78 is 2.21. The average molecular weight is 365 g/mol. The molecule has 2 bridgehead atoms. The van der Waals surface area contributed by atoms with Gasteiger partial charge in [0.1, 0.15) is 0 Å². The van der Waals surface area contributed by atoms with Gasteiger partial charge in [0.2, 0.25) is 0 Å². The van der Waals surface area contributed by atoms with Gasteiger partial charge in [-0.25, -0.2) is 9.78 Å². The molecule has 6 heteroatoms. The number of aliphatic hydroxyl groups excluding tert-OH is 1. The van der Waals surface area contributed by atoms with E-state index >= 15 is 0 Å². The van der Waals surface area contributed by atoms with E-state index in [0.29, 0.717) is 0 Å². The van der Waals surface area contributed by atoms with Gasteiger partial charge in [0.05, 0.1) is 30.4 Å². The first-order valence-corrected chi connectivity index (χ1v) is 9.89. The number of nitrogens with zero attached hydrogens (tertiary/aromatic N) is 3. The monoisotopic (exact) mass is 365 g/mol. The maximum Gasteiger partial charge on any atom is 0.407 e. The van der Waals surface area contributed by atoms with Gasteiger partial charge in [0.15, 0.2) is 0 Å². The first-order valence-electron chi connectivity index (χ1n) is 9.89. The van der Waals surface area contributed by atoms with Crippen LogP contribution < -0.4 is 0 Å². The number of hydrogen-bond acceptors (Lipinski definition) is 3. The SMILES string of the molecule is O=C(O)N1[C@@H]2CC[C@H]1CC1(C[C@H]([C@H]3c4ccccc4-c4cncn43)[C@@H]1O)C2. The number of aliphatic hydroxyl groups is 1. The number of amides is 1. The van der Waals surface area contributed by atoms with Gasteiger partial charge < -0.3 is 19.7 Å². The summed E-state index contributed by atoms with van der Waals surface area (Å²) in [5.74, 6) is 0.164. The van der Waals surface area contributed by atoms with Crippen molar-refractivity contribution < 1.29 is 15.0 Å². The van der Waals surface area contributed by atoms with Crippen LogP contribution in [0.1, 0.15) is 43.7 Å². The van der Waals surface area contributed by atoms with E-state index in [1.165, 1.54) is 11.1 Å². The molecule has 1 aromatic heterocycles. The quantitative estimate of drug-likeness (QED) is 0.814. The molecule has 3 aliphatic heterocycles. The van der Waals surface area contributed by atoms with Gasteiger partial charge in [-0.1, -0.05) is 24.3 Å². The Labute approximate surface area is 157 Å². The number of rotatable bonds is 1. The number of benzene rings is 1. The van der Waals surface area contributed by atoms with Crippen LogP contribution in [0, 0.1) is 11.3 Å². The van der Waals surface area contributed by atoms with Crippen molar-refractivity contribution in [2.24, 2.45) is 11.3 Å². The molecule has 6 atom stereocenters. The van der Waals surface area contributed by atoms with Crippen molar-refractivity contribution in [2.75, 3.05) is 0 Å². The van der Waals surface area contributed by atoms with Gasteiger partial charge >= 0.3 is 6.09 Å². The maximum atomic E-state index is 11.6. The zero-order valence-corrected chi connectivity index (χ0v) is 15.0. The van der Waals surface area contributed by atoms with Gasteiger partial charge in [0, 0.05) is 29.0 Å². The van der Waals surface area contributed by atoms with E-state index in [-0.39, 0.29) is 35.6 Å². The number of fused-ring (bicyclic) bond motifs is 5. The van der Waals surface area contributed by atoms with E-state index in [4.69, 9.17) is 0 Å². The topological polar surface area (TPSA) is 78.6 Å². The summed E-state index contributed by atoms with van der Waals surface area (Å²) in [7, 11) is 0. The third kappa shape index (κ3) is 1.89. The fourth-order valence-corrected chi connectivity index (χ4v) is 6.69. The molecule has 1 saturated carbocycles. The van der Waals surface area contributed by atoms with Crippen molar-refractivity contribution in [1.82, 2.24) is 14.5 Å². The van der Waals surface area contributed by atoms with Crippen molar-refractivity contribution in [2.45, 2.75) is 56.3 Å². The predicted molar refractivity (Wildman–Crippen MR) is 98.3 cm³/mol. The summed E-state index contributed by atoms with van der Waals surface area (Å²) in [5.41, 5.74) is 3.51. The molecule has 4 aliphatic rings. The molecule has 2 aromatic rings. The lowest BCUT2D eigenvalue weighted by molar-refractivity contribution is -0.166. The normalized spacial score (nSPS) is 38.6. The highest BCUT2D eigenvalue weighted by Gasteiger charge is 2.62. The third-order valence-corrected chi connectivity index (χ3v) is 7.73. The van der Waals surface area contributed by atoms with E-state index in [1.807, 2.05) is 12.5 Å². The molecule has 27 heavy (non-hydrogen) atoms. The largest absolute Gasteiger partial charge is 0.465 e. The van der Waals surface area contributed by atoms with E-state index < -0.39 is 6.09 Å². The van der Waals surface area contributed by atoms with Crippen molar-refractivity contribution in [1.29, 1.82) is 0 Å². The second-order valence-electron chi connectivity index (χ2n) is 8.88. The van der Waals surface area contributed by atoms with Crippen molar-refractivity contribution in [3.8, 4) is 11.3 Å². The first kappa shape index (κ1) is 15.7. The molecule has 1 aromatic carbocycles. The Morgan fingerprint density at radius 2 is 1.89 bits per heavy atom. The Morgan fingerprint density at radius 3 is 2.59 bits per heavy atom. The number of hydrogen-bond donors (Lipinski definition) is 2. The summed E-state index contributed by atoms with van der Waals surface area (Å²) in [6, 6.07) is 8.72. The molecule has 0 radical (unpaired) electrons. The minimum Gasteiger partial charge on any atom is -0.465 e. The van der Waals surface area contributed by atoms with E-state index in [9.17, 15) is 15.0 Å². The van der Waals surface area contributed by atoms with Crippen LogP contribution in [0.15, 0.2) is 36.8 Å². The van der Waals surface area contributed by atoms with Crippen molar-refractivity contribution in [3.63, 3.8) is 0 Å². The van der Waals surface area contributed by atoms with Gasteiger partial charge in [-0.15, -0.1) is 0 Å². The summed E-state index contributed by atoms with van der Waals surface area (Å²) in [6.45, 7) is 0. The highest BCUT2D eigenvalue weighted by molar-refractivity contribution is 5.69. The van der Waals surface area contributed by atoms with Gasteiger partial charge in [-0.2, -0.15) is 0 Å². The molecule has 2 saturated heterocycles. The second-order valence-corrected chi connectivity index (χ2v) is 8.88. The van der Waals surface area contributed by atoms with Crippen LogP contribution in [0.3, 0.4) is 0 Å². The Morgan fingerprint density at radius 1 is 1.15 bits per heavy atom. The van der Waals surface area contributed by atoms with Crippen molar-refractivity contribution >= 4 is 6.09 Å². The van der Waals surface area contributed by atoms with Crippen LogP contribution in [0.2, 0.25) is 0 Å². The van der Waals surface area contributed by atoms with Crippen LogP contribution in [0.5, 0.6) is 0 Å². The smallest absolute Gasteiger partial charge is 0.407 e. The molecule has 140 valence electrons. The molecule has 3 fully saturated rings. The van der Waals surface area contributed by atoms with E-state index in [1.54, 1.807) is 4.90 Å². The van der Waals surface area contributed by atoms with Crippen LogP contribution >= 0.6 is 0 Å². The zero-order valence-electron chi connectivity index (χ0n) is 15.0. The average Bonchev–Trinajstić information content (AvgIpc) is 3.32. The molecule has 1 amide bonds. The lowest BCUT2D eigenvalue weighted by Crippen LogP contribution is -2.62.